The smallest absolute Gasteiger partial charge is 0.137 e. The van der Waals surface area contributed by atoms with Gasteiger partial charge in [-0.05, 0) is 23.8 Å². The van der Waals surface area contributed by atoms with Crippen molar-refractivity contribution in [3.63, 3.8) is 0 Å². The third-order valence-corrected chi connectivity index (χ3v) is 3.85. The van der Waals surface area contributed by atoms with E-state index in [9.17, 15) is 5.11 Å². The molecule has 0 aliphatic rings. The highest BCUT2D eigenvalue weighted by atomic mass is 32.2. The lowest BCUT2D eigenvalue weighted by Gasteiger charge is -2.09. The standard InChI is InChI=1S/C14H18O2S/c1-9(2)17-8-12(15)13-7-11-6-4-5-10(3)14(11)16-13/h4-7,9,12,15H,8H2,1-3H3. The van der Waals surface area contributed by atoms with E-state index in [0.717, 1.165) is 16.5 Å². The van der Waals surface area contributed by atoms with Gasteiger partial charge < -0.3 is 9.52 Å². The fraction of sp³-hybridized carbons (Fsp3) is 0.429. The fourth-order valence-electron chi connectivity index (χ4n) is 1.76. The highest BCUT2D eigenvalue weighted by molar-refractivity contribution is 7.99. The molecule has 2 nitrogen and oxygen atoms in total. The Kier molecular flexibility index (Phi) is 3.79. The first-order chi connectivity index (χ1) is 8.08. The number of aliphatic hydroxyl groups is 1. The largest absolute Gasteiger partial charge is 0.458 e. The third-order valence-electron chi connectivity index (χ3n) is 2.68. The molecule has 0 saturated heterocycles. The van der Waals surface area contributed by atoms with Crippen molar-refractivity contribution in [2.45, 2.75) is 32.1 Å². The molecular weight excluding hydrogens is 232 g/mol. The molecule has 92 valence electrons. The van der Waals surface area contributed by atoms with Crippen molar-refractivity contribution < 1.29 is 9.52 Å². The van der Waals surface area contributed by atoms with Crippen LogP contribution >= 0.6 is 11.8 Å². The van der Waals surface area contributed by atoms with Crippen LogP contribution < -0.4 is 0 Å². The number of aliphatic hydroxyl groups excluding tert-OH is 1. The molecular formula is C14H18O2S. The van der Waals surface area contributed by atoms with Crippen molar-refractivity contribution in [1.29, 1.82) is 0 Å². The molecule has 17 heavy (non-hydrogen) atoms. The predicted octanol–water partition coefficient (Wildman–Crippen LogP) is 3.92. The van der Waals surface area contributed by atoms with E-state index < -0.39 is 6.10 Å². The van der Waals surface area contributed by atoms with E-state index in [2.05, 4.69) is 13.8 Å². The maximum Gasteiger partial charge on any atom is 0.137 e. The van der Waals surface area contributed by atoms with Gasteiger partial charge in [0.2, 0.25) is 0 Å². The molecule has 0 aliphatic heterocycles. The summed E-state index contributed by atoms with van der Waals surface area (Å²) in [6.07, 6.45) is -0.519. The van der Waals surface area contributed by atoms with E-state index in [4.69, 9.17) is 4.42 Å². The number of para-hydroxylation sites is 1. The number of aryl methyl sites for hydroxylation is 1. The van der Waals surface area contributed by atoms with Gasteiger partial charge in [0.25, 0.3) is 0 Å². The first-order valence-electron chi connectivity index (χ1n) is 5.86. The van der Waals surface area contributed by atoms with Gasteiger partial charge in [0, 0.05) is 11.1 Å². The summed E-state index contributed by atoms with van der Waals surface area (Å²) in [5, 5.41) is 11.6. The second-order valence-electron chi connectivity index (χ2n) is 4.54. The average Bonchev–Trinajstić information content (AvgIpc) is 2.71. The van der Waals surface area contributed by atoms with Gasteiger partial charge in [-0.2, -0.15) is 11.8 Å². The fourth-order valence-corrected chi connectivity index (χ4v) is 2.49. The summed E-state index contributed by atoms with van der Waals surface area (Å²) in [7, 11) is 0. The van der Waals surface area contributed by atoms with E-state index >= 15 is 0 Å². The quantitative estimate of drug-likeness (QED) is 0.893. The summed E-state index contributed by atoms with van der Waals surface area (Å²) in [5.74, 6) is 1.35. The minimum Gasteiger partial charge on any atom is -0.458 e. The van der Waals surface area contributed by atoms with Gasteiger partial charge in [-0.15, -0.1) is 0 Å². The Balaban J connectivity index is 2.21. The molecule has 0 spiro atoms. The lowest BCUT2D eigenvalue weighted by molar-refractivity contribution is 0.176. The Morgan fingerprint density at radius 3 is 2.76 bits per heavy atom. The van der Waals surface area contributed by atoms with Crippen LogP contribution in [0.15, 0.2) is 28.7 Å². The molecule has 0 fully saturated rings. The molecule has 1 heterocycles. The highest BCUT2D eigenvalue weighted by Gasteiger charge is 2.14. The van der Waals surface area contributed by atoms with Gasteiger partial charge in [0.15, 0.2) is 0 Å². The molecule has 1 aromatic heterocycles. The molecule has 3 heteroatoms. The molecule has 0 aliphatic carbocycles. The number of benzene rings is 1. The lowest BCUT2D eigenvalue weighted by Crippen LogP contribution is -2.01. The van der Waals surface area contributed by atoms with E-state index in [1.54, 1.807) is 11.8 Å². The normalized spacial score (nSPS) is 13.5. The summed E-state index contributed by atoms with van der Waals surface area (Å²) in [4.78, 5) is 0. The van der Waals surface area contributed by atoms with Crippen molar-refractivity contribution in [1.82, 2.24) is 0 Å². The maximum atomic E-state index is 10.0. The van der Waals surface area contributed by atoms with Crippen LogP contribution in [0.25, 0.3) is 11.0 Å². The van der Waals surface area contributed by atoms with Crippen LogP contribution in [0.4, 0.5) is 0 Å². The molecule has 2 rings (SSSR count). The SMILES string of the molecule is Cc1cccc2cc(C(O)CSC(C)C)oc12. The minimum absolute atomic E-state index is 0.519. The van der Waals surface area contributed by atoms with Crippen molar-refractivity contribution in [3.8, 4) is 0 Å². The second-order valence-corrected chi connectivity index (χ2v) is 6.15. The van der Waals surface area contributed by atoms with Gasteiger partial charge >= 0.3 is 0 Å². The van der Waals surface area contributed by atoms with E-state index in [1.807, 2.05) is 31.2 Å². The Morgan fingerprint density at radius 1 is 1.35 bits per heavy atom. The summed E-state index contributed by atoms with van der Waals surface area (Å²) >= 11 is 1.74. The number of thioether (sulfide) groups is 1. The Hall–Kier alpha value is -0.930. The van der Waals surface area contributed by atoms with E-state index in [-0.39, 0.29) is 0 Å². The van der Waals surface area contributed by atoms with Crippen LogP contribution in [-0.4, -0.2) is 16.1 Å². The zero-order valence-electron chi connectivity index (χ0n) is 10.4. The molecule has 0 saturated carbocycles. The van der Waals surface area contributed by atoms with Crippen LogP contribution in [-0.2, 0) is 0 Å². The number of hydrogen-bond donors (Lipinski definition) is 1. The summed E-state index contributed by atoms with van der Waals surface area (Å²) in [6.45, 7) is 6.27. The van der Waals surface area contributed by atoms with E-state index in [0.29, 0.717) is 16.8 Å². The lowest BCUT2D eigenvalue weighted by atomic mass is 10.2. The van der Waals surface area contributed by atoms with Crippen LogP contribution in [0.5, 0.6) is 0 Å². The van der Waals surface area contributed by atoms with Crippen LogP contribution in [0.3, 0.4) is 0 Å². The maximum absolute atomic E-state index is 10.0. The molecule has 1 atom stereocenters. The van der Waals surface area contributed by atoms with Crippen molar-refractivity contribution >= 4 is 22.7 Å². The van der Waals surface area contributed by atoms with Crippen LogP contribution in [0.1, 0.15) is 31.3 Å². The second kappa shape index (κ2) is 5.15. The summed E-state index contributed by atoms with van der Waals surface area (Å²) in [6, 6.07) is 7.97. The first kappa shape index (κ1) is 12.5. The number of hydrogen-bond acceptors (Lipinski definition) is 3. The van der Waals surface area contributed by atoms with Gasteiger partial charge in [-0.3, -0.25) is 0 Å². The van der Waals surface area contributed by atoms with Crippen LogP contribution in [0, 0.1) is 6.92 Å². The summed E-state index contributed by atoms with van der Waals surface area (Å²) in [5.41, 5.74) is 1.99. The number of fused-ring (bicyclic) bond motifs is 1. The van der Waals surface area contributed by atoms with Gasteiger partial charge in [0.05, 0.1) is 0 Å². The van der Waals surface area contributed by atoms with Crippen LogP contribution in [0.2, 0.25) is 0 Å². The monoisotopic (exact) mass is 250 g/mol. The first-order valence-corrected chi connectivity index (χ1v) is 6.91. The topological polar surface area (TPSA) is 33.4 Å². The molecule has 1 N–H and O–H groups in total. The zero-order chi connectivity index (χ0) is 12.4. The minimum atomic E-state index is -0.519. The predicted molar refractivity (Wildman–Crippen MR) is 73.5 cm³/mol. The van der Waals surface area contributed by atoms with Crippen molar-refractivity contribution in [3.05, 3.63) is 35.6 Å². The van der Waals surface area contributed by atoms with Gasteiger partial charge in [0.1, 0.15) is 17.4 Å². The Morgan fingerprint density at radius 2 is 2.12 bits per heavy atom. The third kappa shape index (κ3) is 2.85. The van der Waals surface area contributed by atoms with Gasteiger partial charge in [-0.25, -0.2) is 0 Å². The summed E-state index contributed by atoms with van der Waals surface area (Å²) < 4.78 is 5.73. The molecule has 0 bridgehead atoms. The van der Waals surface area contributed by atoms with Crippen molar-refractivity contribution in [2.75, 3.05) is 5.75 Å². The van der Waals surface area contributed by atoms with E-state index in [1.165, 1.54) is 0 Å². The Labute approximate surface area is 106 Å². The highest BCUT2D eigenvalue weighted by Crippen LogP contribution is 2.28. The number of furan rings is 1. The van der Waals surface area contributed by atoms with Crippen molar-refractivity contribution in [2.24, 2.45) is 0 Å². The number of rotatable bonds is 4. The molecule has 2 aromatic rings. The molecule has 0 amide bonds. The molecule has 0 radical (unpaired) electrons. The molecule has 1 aromatic carbocycles. The Bertz CT molecular complexity index is 502. The average molecular weight is 250 g/mol. The molecule has 1 unspecified atom stereocenters. The zero-order valence-corrected chi connectivity index (χ0v) is 11.3. The van der Waals surface area contributed by atoms with Gasteiger partial charge in [-0.1, -0.05) is 32.0 Å².